The van der Waals surface area contributed by atoms with E-state index in [0.29, 0.717) is 0 Å². The number of nitrogens with zero attached hydrogens (tertiary/aromatic N) is 1. The summed E-state index contributed by atoms with van der Waals surface area (Å²) in [6, 6.07) is 3.14. The van der Waals surface area contributed by atoms with E-state index in [9.17, 15) is 18.0 Å². The Bertz CT molecular complexity index is 672. The highest BCUT2D eigenvalue weighted by Crippen LogP contribution is 2.24. The first-order valence-corrected chi connectivity index (χ1v) is 8.13. The molecule has 0 heterocycles. The summed E-state index contributed by atoms with van der Waals surface area (Å²) < 4.78 is 26.2. The van der Waals surface area contributed by atoms with Crippen LogP contribution in [-0.4, -0.2) is 42.3 Å². The van der Waals surface area contributed by atoms with E-state index in [1.807, 2.05) is 0 Å². The lowest BCUT2D eigenvalue weighted by molar-refractivity contribution is -0.118. The van der Waals surface area contributed by atoms with E-state index in [1.54, 1.807) is 13.8 Å². The molecule has 0 fully saturated rings. The van der Waals surface area contributed by atoms with Gasteiger partial charge < -0.3 is 10.8 Å². The maximum atomic E-state index is 12.5. The molecule has 0 aliphatic rings. The lowest BCUT2D eigenvalue weighted by Crippen LogP contribution is -2.42. The van der Waals surface area contributed by atoms with Crippen LogP contribution in [-0.2, 0) is 14.8 Å². The number of halogens is 1. The van der Waals surface area contributed by atoms with Crippen molar-refractivity contribution in [1.29, 1.82) is 0 Å². The molecule has 0 aliphatic carbocycles. The van der Waals surface area contributed by atoms with Gasteiger partial charge in [0.05, 0.1) is 17.0 Å². The molecule has 1 rings (SSSR count). The molecule has 0 bridgehead atoms. The first-order chi connectivity index (χ1) is 9.57. The van der Waals surface area contributed by atoms with Crippen molar-refractivity contribution in [3.8, 4) is 0 Å². The second-order valence-electron chi connectivity index (χ2n) is 4.56. The number of hydrogen-bond acceptors (Lipinski definition) is 4. The smallest absolute Gasteiger partial charge is 0.336 e. The summed E-state index contributed by atoms with van der Waals surface area (Å²) in [7, 11) is -4.02. The van der Waals surface area contributed by atoms with Crippen molar-refractivity contribution in [2.75, 3.05) is 6.54 Å². The fourth-order valence-corrected chi connectivity index (χ4v) is 3.71. The van der Waals surface area contributed by atoms with Crippen molar-refractivity contribution in [2.45, 2.75) is 24.8 Å². The lowest BCUT2D eigenvalue weighted by Gasteiger charge is -2.24. The molecular weight excluding hydrogens is 364 g/mol. The molecule has 1 aromatic carbocycles. The van der Waals surface area contributed by atoms with Gasteiger partial charge in [-0.05, 0) is 48.0 Å². The largest absolute Gasteiger partial charge is 0.478 e. The monoisotopic (exact) mass is 378 g/mol. The average Bonchev–Trinajstić information content (AvgIpc) is 2.35. The van der Waals surface area contributed by atoms with Crippen molar-refractivity contribution in [2.24, 2.45) is 5.73 Å². The summed E-state index contributed by atoms with van der Waals surface area (Å²) in [5.41, 5.74) is 4.88. The van der Waals surface area contributed by atoms with E-state index in [4.69, 9.17) is 10.8 Å². The van der Waals surface area contributed by atoms with E-state index in [1.165, 1.54) is 12.1 Å². The first kappa shape index (κ1) is 17.6. The predicted molar refractivity (Wildman–Crippen MR) is 79.3 cm³/mol. The molecule has 0 saturated carbocycles. The fourth-order valence-electron chi connectivity index (χ4n) is 1.66. The SMILES string of the molecule is CC(C)N(CC(N)=O)S(=O)(=O)c1ccc(Br)c(C(=O)O)c1. The third kappa shape index (κ3) is 4.02. The highest BCUT2D eigenvalue weighted by atomic mass is 79.9. The molecule has 1 amide bonds. The van der Waals surface area contributed by atoms with Gasteiger partial charge in [0, 0.05) is 10.5 Å². The van der Waals surface area contributed by atoms with E-state index in [2.05, 4.69) is 15.9 Å². The van der Waals surface area contributed by atoms with E-state index in [-0.39, 0.29) is 14.9 Å². The summed E-state index contributed by atoms with van der Waals surface area (Å²) in [6.45, 7) is 2.72. The van der Waals surface area contributed by atoms with E-state index < -0.39 is 34.5 Å². The maximum Gasteiger partial charge on any atom is 0.336 e. The first-order valence-electron chi connectivity index (χ1n) is 5.90. The standard InChI is InChI=1S/C12H15BrN2O5S/c1-7(2)15(6-11(14)16)21(19,20)8-3-4-10(13)9(5-8)12(17)18/h3-5,7H,6H2,1-2H3,(H2,14,16)(H,17,18). The molecule has 1 aromatic rings. The molecule has 3 N–H and O–H groups in total. The number of carbonyl (C=O) groups is 2. The van der Waals surface area contributed by atoms with E-state index >= 15 is 0 Å². The van der Waals surface area contributed by atoms with Crippen LogP contribution >= 0.6 is 15.9 Å². The van der Waals surface area contributed by atoms with Gasteiger partial charge in [0.1, 0.15) is 0 Å². The third-order valence-electron chi connectivity index (χ3n) is 2.66. The van der Waals surface area contributed by atoms with Crippen LogP contribution < -0.4 is 5.73 Å². The minimum absolute atomic E-state index is 0.182. The summed E-state index contributed by atoms with van der Waals surface area (Å²) >= 11 is 3.04. The number of sulfonamides is 1. The zero-order valence-corrected chi connectivity index (χ0v) is 13.8. The molecule has 7 nitrogen and oxygen atoms in total. The predicted octanol–water partition coefficient (Wildman–Crippen LogP) is 1.03. The molecule has 0 atom stereocenters. The number of benzene rings is 1. The zero-order chi connectivity index (χ0) is 16.4. The molecule has 21 heavy (non-hydrogen) atoms. The number of carboxylic acid groups (broad SMARTS) is 1. The summed E-state index contributed by atoms with van der Waals surface area (Å²) in [6.07, 6.45) is 0. The van der Waals surface area contributed by atoms with Crippen LogP contribution in [0.3, 0.4) is 0 Å². The van der Waals surface area contributed by atoms with Gasteiger partial charge in [-0.2, -0.15) is 4.31 Å². The molecule has 0 saturated heterocycles. The normalized spacial score (nSPS) is 11.9. The molecule has 0 aliphatic heterocycles. The van der Waals surface area contributed by atoms with Gasteiger partial charge in [0.2, 0.25) is 15.9 Å². The Morgan fingerprint density at radius 2 is 1.95 bits per heavy atom. The van der Waals surface area contributed by atoms with Crippen LogP contribution in [0.4, 0.5) is 0 Å². The van der Waals surface area contributed by atoms with Crippen molar-refractivity contribution in [3.63, 3.8) is 0 Å². The number of hydrogen-bond donors (Lipinski definition) is 2. The number of primary amides is 1. The second-order valence-corrected chi connectivity index (χ2v) is 7.30. The Morgan fingerprint density at radius 1 is 1.38 bits per heavy atom. The summed E-state index contributed by atoms with van der Waals surface area (Å²) in [5, 5.41) is 9.04. The topological polar surface area (TPSA) is 118 Å². The Labute approximate surface area is 130 Å². The lowest BCUT2D eigenvalue weighted by atomic mass is 10.2. The Hall–Kier alpha value is -1.45. The number of carbonyl (C=O) groups excluding carboxylic acids is 1. The van der Waals surface area contributed by atoms with Gasteiger partial charge in [-0.3, -0.25) is 4.79 Å². The minimum Gasteiger partial charge on any atom is -0.478 e. The van der Waals surface area contributed by atoms with Gasteiger partial charge in [0.25, 0.3) is 0 Å². The van der Waals surface area contributed by atoms with Gasteiger partial charge in [-0.1, -0.05) is 0 Å². The van der Waals surface area contributed by atoms with Gasteiger partial charge in [0.15, 0.2) is 0 Å². The van der Waals surface area contributed by atoms with Crippen molar-refractivity contribution < 1.29 is 23.1 Å². The number of nitrogens with two attached hydrogens (primary N) is 1. The Kier molecular flexibility index (Phi) is 5.48. The average molecular weight is 379 g/mol. The van der Waals surface area contributed by atoms with Crippen LogP contribution in [0.15, 0.2) is 27.6 Å². The maximum absolute atomic E-state index is 12.5. The Balaban J connectivity index is 3.38. The van der Waals surface area contributed by atoms with Crippen LogP contribution in [0.2, 0.25) is 0 Å². The fraction of sp³-hybridized carbons (Fsp3) is 0.333. The minimum atomic E-state index is -4.02. The van der Waals surface area contributed by atoms with Crippen LogP contribution in [0.5, 0.6) is 0 Å². The molecular formula is C12H15BrN2O5S. The second kappa shape index (κ2) is 6.54. The van der Waals surface area contributed by atoms with Crippen LogP contribution in [0.1, 0.15) is 24.2 Å². The molecule has 9 heteroatoms. The highest BCUT2D eigenvalue weighted by Gasteiger charge is 2.29. The molecule has 0 unspecified atom stereocenters. The van der Waals surface area contributed by atoms with Gasteiger partial charge in [-0.25, -0.2) is 13.2 Å². The van der Waals surface area contributed by atoms with Gasteiger partial charge >= 0.3 is 5.97 Å². The van der Waals surface area contributed by atoms with Crippen molar-refractivity contribution in [3.05, 3.63) is 28.2 Å². The Morgan fingerprint density at radius 3 is 2.38 bits per heavy atom. The number of rotatable bonds is 6. The number of carboxylic acids is 1. The number of amides is 1. The van der Waals surface area contributed by atoms with Crippen LogP contribution in [0.25, 0.3) is 0 Å². The van der Waals surface area contributed by atoms with Crippen molar-refractivity contribution in [1.82, 2.24) is 4.31 Å². The highest BCUT2D eigenvalue weighted by molar-refractivity contribution is 9.10. The van der Waals surface area contributed by atoms with Crippen molar-refractivity contribution >= 4 is 37.8 Å². The third-order valence-corrected chi connectivity index (χ3v) is 5.37. The molecule has 0 radical (unpaired) electrons. The zero-order valence-electron chi connectivity index (χ0n) is 11.4. The quantitative estimate of drug-likeness (QED) is 0.766. The summed E-state index contributed by atoms with van der Waals surface area (Å²) in [4.78, 5) is 21.9. The molecule has 0 aromatic heterocycles. The van der Waals surface area contributed by atoms with Crippen LogP contribution in [0, 0.1) is 0 Å². The molecule has 116 valence electrons. The number of aromatic carboxylic acids is 1. The van der Waals surface area contributed by atoms with Gasteiger partial charge in [-0.15, -0.1) is 0 Å². The van der Waals surface area contributed by atoms with E-state index in [0.717, 1.165) is 10.4 Å². The molecule has 0 spiro atoms. The summed E-state index contributed by atoms with van der Waals surface area (Å²) in [5.74, 6) is -2.05.